The van der Waals surface area contributed by atoms with Crippen LogP contribution in [0.1, 0.15) is 26.3 Å². The molecule has 0 radical (unpaired) electrons. The molecule has 0 aliphatic carbocycles. The highest BCUT2D eigenvalue weighted by atomic mass is 19.1. The summed E-state index contributed by atoms with van der Waals surface area (Å²) in [6.07, 6.45) is -0.137. The minimum atomic E-state index is -1.94. The third kappa shape index (κ3) is 3.80. The molecule has 0 amide bonds. The van der Waals surface area contributed by atoms with Gasteiger partial charge in [0.05, 0.1) is 6.42 Å². The number of benzene rings is 1. The molecule has 1 atom stereocenters. The highest BCUT2D eigenvalue weighted by Gasteiger charge is 2.49. The number of carbonyl (C=O) groups is 1. The third-order valence-corrected chi connectivity index (χ3v) is 2.49. The monoisotopic (exact) mass is 274 g/mol. The second kappa shape index (κ2) is 5.71. The molecule has 0 saturated heterocycles. The molecule has 0 saturated carbocycles. The highest BCUT2D eigenvalue weighted by molar-refractivity contribution is 5.87. The summed E-state index contributed by atoms with van der Waals surface area (Å²) in [5.74, 6) is -1.30. The number of hydrogen-bond donors (Lipinski definition) is 0. The van der Waals surface area contributed by atoms with Crippen LogP contribution < -0.4 is 0 Å². The van der Waals surface area contributed by atoms with Gasteiger partial charge < -0.3 is 4.74 Å². The molecule has 5 heteroatoms. The fraction of sp³-hybridized carbons (Fsp3) is 0.400. The molecular weight excluding hydrogens is 259 g/mol. The van der Waals surface area contributed by atoms with Gasteiger partial charge in [-0.05, 0) is 38.5 Å². The van der Waals surface area contributed by atoms with Crippen LogP contribution in [0.4, 0.5) is 4.39 Å². The summed E-state index contributed by atoms with van der Waals surface area (Å²) in [5.41, 5.74) is -2.20. The van der Waals surface area contributed by atoms with Crippen LogP contribution in [0.3, 0.4) is 0 Å². The van der Waals surface area contributed by atoms with Crippen molar-refractivity contribution in [1.29, 1.82) is 5.26 Å². The van der Waals surface area contributed by atoms with E-state index in [0.717, 1.165) is 0 Å². The predicted molar refractivity (Wildman–Crippen MR) is 70.9 cm³/mol. The smallest absolute Gasteiger partial charge is 0.413 e. The summed E-state index contributed by atoms with van der Waals surface area (Å²) in [7, 11) is 0. The molecule has 0 fully saturated rings. The normalized spacial score (nSPS) is 13.7. The third-order valence-electron chi connectivity index (χ3n) is 2.49. The van der Waals surface area contributed by atoms with Crippen molar-refractivity contribution in [1.82, 2.24) is 0 Å². The van der Waals surface area contributed by atoms with Gasteiger partial charge in [-0.2, -0.15) is 5.26 Å². The molecule has 1 aromatic carbocycles. The lowest BCUT2D eigenvalue weighted by Crippen LogP contribution is -2.41. The fourth-order valence-electron chi connectivity index (χ4n) is 1.53. The van der Waals surface area contributed by atoms with Crippen molar-refractivity contribution in [2.24, 2.45) is 0 Å². The van der Waals surface area contributed by atoms with Crippen LogP contribution in [-0.2, 0) is 16.0 Å². The molecular formula is C15H15FN2O2. The van der Waals surface area contributed by atoms with Crippen LogP contribution in [-0.4, -0.2) is 17.1 Å². The topological polar surface area (TPSA) is 54.5 Å². The van der Waals surface area contributed by atoms with E-state index in [4.69, 9.17) is 11.3 Å². The van der Waals surface area contributed by atoms with Crippen LogP contribution in [0, 0.1) is 23.7 Å². The zero-order valence-corrected chi connectivity index (χ0v) is 11.6. The van der Waals surface area contributed by atoms with Crippen LogP contribution in [0.15, 0.2) is 24.3 Å². The Bertz CT molecular complexity index is 560. The summed E-state index contributed by atoms with van der Waals surface area (Å²) in [5, 5.41) is 9.22. The number of esters is 1. The van der Waals surface area contributed by atoms with E-state index in [9.17, 15) is 14.4 Å². The quantitative estimate of drug-likeness (QED) is 0.629. The Labute approximate surface area is 117 Å². The number of hydrogen-bond acceptors (Lipinski definition) is 3. The Kier molecular flexibility index (Phi) is 4.47. The van der Waals surface area contributed by atoms with Crippen LogP contribution in [0.2, 0.25) is 0 Å². The Morgan fingerprint density at radius 3 is 2.35 bits per heavy atom. The van der Waals surface area contributed by atoms with E-state index in [1.165, 1.54) is 24.3 Å². The molecule has 0 N–H and O–H groups in total. The number of nitriles is 1. The minimum absolute atomic E-state index is 0.137. The second-order valence-corrected chi connectivity index (χ2v) is 5.39. The van der Waals surface area contributed by atoms with Crippen molar-refractivity contribution in [2.45, 2.75) is 38.3 Å². The van der Waals surface area contributed by atoms with Gasteiger partial charge in [0.25, 0.3) is 0 Å². The molecule has 104 valence electrons. The van der Waals surface area contributed by atoms with Gasteiger partial charge in [-0.1, -0.05) is 12.1 Å². The largest absolute Gasteiger partial charge is 0.453 e. The number of ether oxygens (including phenoxy) is 1. The molecule has 1 rings (SSSR count). The summed E-state index contributed by atoms with van der Waals surface area (Å²) >= 11 is 0. The van der Waals surface area contributed by atoms with Crippen molar-refractivity contribution >= 4 is 5.97 Å². The molecule has 0 aromatic heterocycles. The van der Waals surface area contributed by atoms with Crippen LogP contribution >= 0.6 is 0 Å². The van der Waals surface area contributed by atoms with Crippen molar-refractivity contribution in [2.75, 3.05) is 0 Å². The first-order valence-electron chi connectivity index (χ1n) is 6.00. The van der Waals surface area contributed by atoms with E-state index < -0.39 is 22.9 Å². The average molecular weight is 274 g/mol. The summed E-state index contributed by atoms with van der Waals surface area (Å²) in [6.45, 7) is 12.2. The van der Waals surface area contributed by atoms with Gasteiger partial charge in [-0.3, -0.25) is 4.85 Å². The molecule has 0 spiro atoms. The Balaban J connectivity index is 3.05. The summed E-state index contributed by atoms with van der Waals surface area (Å²) in [4.78, 5) is 15.2. The first-order chi connectivity index (χ1) is 9.22. The van der Waals surface area contributed by atoms with Gasteiger partial charge in [-0.25, -0.2) is 15.8 Å². The lowest BCUT2D eigenvalue weighted by Gasteiger charge is -2.22. The first kappa shape index (κ1) is 15.7. The van der Waals surface area contributed by atoms with E-state index in [1.54, 1.807) is 26.8 Å². The Morgan fingerprint density at radius 2 is 1.95 bits per heavy atom. The highest BCUT2D eigenvalue weighted by Crippen LogP contribution is 2.23. The van der Waals surface area contributed by atoms with Gasteiger partial charge in [0, 0.05) is 0 Å². The zero-order chi connectivity index (χ0) is 15.4. The predicted octanol–water partition coefficient (Wildman–Crippen LogP) is 2.89. The first-order valence-corrected chi connectivity index (χ1v) is 6.00. The number of nitrogens with zero attached hydrogens (tertiary/aromatic N) is 2. The Hall–Kier alpha value is -2.40. The van der Waals surface area contributed by atoms with Gasteiger partial charge in [0.15, 0.2) is 6.07 Å². The maximum Gasteiger partial charge on any atom is 0.413 e. The van der Waals surface area contributed by atoms with E-state index in [-0.39, 0.29) is 6.42 Å². The molecule has 20 heavy (non-hydrogen) atoms. The van der Waals surface area contributed by atoms with E-state index in [0.29, 0.717) is 5.56 Å². The second-order valence-electron chi connectivity index (χ2n) is 5.39. The van der Waals surface area contributed by atoms with Crippen molar-refractivity contribution in [3.05, 3.63) is 47.1 Å². The zero-order valence-electron chi connectivity index (χ0n) is 11.6. The summed E-state index contributed by atoms with van der Waals surface area (Å²) in [6, 6.07) is 7.05. The standard InChI is InChI=1S/C15H15FN2O2/c1-14(2,3)20-13(19)15(10-17,18-4)9-11-5-7-12(16)8-6-11/h5-8H,9H2,1-3H3. The number of carbonyl (C=O) groups excluding carboxylic acids is 1. The molecule has 0 bridgehead atoms. The molecule has 1 aromatic rings. The van der Waals surface area contributed by atoms with Gasteiger partial charge in [0.1, 0.15) is 11.4 Å². The Morgan fingerprint density at radius 1 is 1.40 bits per heavy atom. The van der Waals surface area contributed by atoms with E-state index in [2.05, 4.69) is 4.85 Å². The van der Waals surface area contributed by atoms with Crippen molar-refractivity contribution in [3.8, 4) is 6.07 Å². The molecule has 0 aliphatic heterocycles. The van der Waals surface area contributed by atoms with Gasteiger partial charge in [-0.15, -0.1) is 0 Å². The summed E-state index contributed by atoms with van der Waals surface area (Å²) < 4.78 is 18.0. The fourth-order valence-corrected chi connectivity index (χ4v) is 1.53. The number of rotatable bonds is 3. The van der Waals surface area contributed by atoms with E-state index >= 15 is 0 Å². The van der Waals surface area contributed by atoms with E-state index in [1.807, 2.05) is 0 Å². The van der Waals surface area contributed by atoms with Crippen molar-refractivity contribution < 1.29 is 13.9 Å². The molecule has 0 heterocycles. The van der Waals surface area contributed by atoms with Crippen molar-refractivity contribution in [3.63, 3.8) is 0 Å². The maximum absolute atomic E-state index is 12.8. The van der Waals surface area contributed by atoms with Gasteiger partial charge in [0.2, 0.25) is 0 Å². The molecule has 4 nitrogen and oxygen atoms in total. The average Bonchev–Trinajstić information content (AvgIpc) is 2.36. The van der Waals surface area contributed by atoms with Gasteiger partial charge >= 0.3 is 11.5 Å². The lowest BCUT2D eigenvalue weighted by molar-refractivity contribution is -0.157. The minimum Gasteiger partial charge on any atom is -0.453 e. The SMILES string of the molecule is [C-]#[N+]C(C#N)(Cc1ccc(F)cc1)C(=O)OC(C)(C)C. The molecule has 1 unspecified atom stereocenters. The van der Waals surface area contributed by atoms with Crippen LogP contribution in [0.25, 0.3) is 4.85 Å². The van der Waals surface area contributed by atoms with Crippen LogP contribution in [0.5, 0.6) is 0 Å². The maximum atomic E-state index is 12.8. The number of halogens is 1. The molecule has 0 aliphatic rings. The lowest BCUT2D eigenvalue weighted by atomic mass is 9.93.